The minimum absolute atomic E-state index is 0.0106. The number of piperidine rings is 1. The number of nitrogens with zero attached hydrogens (tertiary/aromatic N) is 4. The first-order chi connectivity index (χ1) is 20.3. The zero-order chi connectivity index (χ0) is 29.5. The SMILES string of the molecule is CCOc1ccccc1OC1CCCN(c2cncc(Nc3cncc(-c4cccc(CC(C)(C)C(=O)O)c4)c3)n2)C1. The highest BCUT2D eigenvalue weighted by atomic mass is 16.5. The normalized spacial score (nSPS) is 15.2. The maximum Gasteiger partial charge on any atom is 0.309 e. The molecule has 0 aliphatic carbocycles. The summed E-state index contributed by atoms with van der Waals surface area (Å²) in [7, 11) is 0. The highest BCUT2D eigenvalue weighted by Gasteiger charge is 2.27. The number of carboxylic acids is 1. The van der Waals surface area contributed by atoms with E-state index in [1.807, 2.05) is 61.5 Å². The molecule has 9 heteroatoms. The molecule has 1 aliphatic heterocycles. The van der Waals surface area contributed by atoms with E-state index in [1.54, 1.807) is 38.6 Å². The lowest BCUT2D eigenvalue weighted by Crippen LogP contribution is -2.41. The molecule has 0 spiro atoms. The van der Waals surface area contributed by atoms with Gasteiger partial charge in [0.05, 0.1) is 42.8 Å². The van der Waals surface area contributed by atoms with E-state index >= 15 is 0 Å². The Hall–Kier alpha value is -4.66. The fraction of sp³-hybridized carbons (Fsp3) is 0.333. The first-order valence-corrected chi connectivity index (χ1v) is 14.3. The van der Waals surface area contributed by atoms with Gasteiger partial charge in [0.1, 0.15) is 11.9 Å². The van der Waals surface area contributed by atoms with Crippen molar-refractivity contribution in [2.24, 2.45) is 5.41 Å². The summed E-state index contributed by atoms with van der Waals surface area (Å²) in [4.78, 5) is 27.5. The third kappa shape index (κ3) is 7.15. The molecule has 1 saturated heterocycles. The topological polar surface area (TPSA) is 110 Å². The highest BCUT2D eigenvalue weighted by Crippen LogP contribution is 2.31. The lowest BCUT2D eigenvalue weighted by molar-refractivity contribution is -0.146. The van der Waals surface area contributed by atoms with Gasteiger partial charge < -0.3 is 24.8 Å². The standard InChI is InChI=1S/C33H37N5O4/c1-4-41-28-12-5-6-13-29(28)42-27-11-8-14-38(22-27)31-21-35-20-30(37-31)36-26-16-25(18-34-19-26)24-10-7-9-23(15-24)17-33(2,3)32(39)40/h5-7,9-10,12-13,15-16,18-21,27H,4,8,11,14,17,22H2,1-3H3,(H,36,37)(H,39,40). The van der Waals surface area contributed by atoms with Crippen LogP contribution >= 0.6 is 0 Å². The Morgan fingerprint density at radius 2 is 1.83 bits per heavy atom. The third-order valence-electron chi connectivity index (χ3n) is 7.26. The summed E-state index contributed by atoms with van der Waals surface area (Å²) in [6, 6.07) is 17.7. The maximum atomic E-state index is 11.6. The summed E-state index contributed by atoms with van der Waals surface area (Å²) < 4.78 is 12.1. The van der Waals surface area contributed by atoms with E-state index in [2.05, 4.69) is 20.2 Å². The van der Waals surface area contributed by atoms with E-state index in [0.29, 0.717) is 25.4 Å². The van der Waals surface area contributed by atoms with E-state index in [-0.39, 0.29) is 6.10 Å². The second-order valence-corrected chi connectivity index (χ2v) is 11.1. The lowest BCUT2D eigenvalue weighted by atomic mass is 9.85. The molecule has 9 nitrogen and oxygen atoms in total. The van der Waals surface area contributed by atoms with Crippen LogP contribution in [0.3, 0.4) is 0 Å². The number of hydrogen-bond acceptors (Lipinski definition) is 8. The number of nitrogens with one attached hydrogen (secondary N) is 1. The Bertz CT molecular complexity index is 1530. The number of aromatic nitrogens is 3. The van der Waals surface area contributed by atoms with Crippen LogP contribution in [0, 0.1) is 5.41 Å². The average Bonchev–Trinajstić information content (AvgIpc) is 2.99. The van der Waals surface area contributed by atoms with Gasteiger partial charge in [-0.3, -0.25) is 14.8 Å². The number of aliphatic carboxylic acids is 1. The minimum Gasteiger partial charge on any atom is -0.490 e. The number of hydrogen-bond donors (Lipinski definition) is 2. The van der Waals surface area contributed by atoms with Gasteiger partial charge in [-0.15, -0.1) is 0 Å². The van der Waals surface area contributed by atoms with Crippen molar-refractivity contribution in [3.8, 4) is 22.6 Å². The predicted octanol–water partition coefficient (Wildman–Crippen LogP) is 6.38. The van der Waals surface area contributed by atoms with Crippen molar-refractivity contribution in [3.05, 3.63) is 84.9 Å². The van der Waals surface area contributed by atoms with Gasteiger partial charge in [-0.1, -0.05) is 36.4 Å². The number of ether oxygens (including phenoxy) is 2. The van der Waals surface area contributed by atoms with E-state index in [4.69, 9.17) is 14.5 Å². The van der Waals surface area contributed by atoms with Crippen LogP contribution < -0.4 is 19.7 Å². The van der Waals surface area contributed by atoms with Crippen molar-refractivity contribution >= 4 is 23.3 Å². The molecule has 1 unspecified atom stereocenters. The quantitative estimate of drug-likeness (QED) is 0.213. The smallest absolute Gasteiger partial charge is 0.309 e. The third-order valence-corrected chi connectivity index (χ3v) is 7.26. The Morgan fingerprint density at radius 1 is 1.02 bits per heavy atom. The molecule has 5 rings (SSSR count). The summed E-state index contributed by atoms with van der Waals surface area (Å²) in [5.41, 5.74) is 2.78. The Morgan fingerprint density at radius 3 is 2.64 bits per heavy atom. The highest BCUT2D eigenvalue weighted by molar-refractivity contribution is 5.74. The number of benzene rings is 2. The van der Waals surface area contributed by atoms with Gasteiger partial charge in [0, 0.05) is 18.3 Å². The summed E-state index contributed by atoms with van der Waals surface area (Å²) in [5, 5.41) is 12.9. The summed E-state index contributed by atoms with van der Waals surface area (Å²) in [6.45, 7) is 7.60. The van der Waals surface area contributed by atoms with Crippen LogP contribution in [0.2, 0.25) is 0 Å². The summed E-state index contributed by atoms with van der Waals surface area (Å²) in [6.07, 6.45) is 9.40. The van der Waals surface area contributed by atoms with Crippen LogP contribution in [-0.4, -0.2) is 51.8 Å². The fourth-order valence-corrected chi connectivity index (χ4v) is 5.07. The molecule has 0 bridgehead atoms. The fourth-order valence-electron chi connectivity index (χ4n) is 5.07. The monoisotopic (exact) mass is 567 g/mol. The zero-order valence-electron chi connectivity index (χ0n) is 24.3. The van der Waals surface area contributed by atoms with Gasteiger partial charge in [-0.2, -0.15) is 0 Å². The lowest BCUT2D eigenvalue weighted by Gasteiger charge is -2.33. The van der Waals surface area contributed by atoms with E-state index in [0.717, 1.165) is 59.1 Å². The molecule has 42 heavy (non-hydrogen) atoms. The van der Waals surface area contributed by atoms with Crippen LogP contribution in [0.25, 0.3) is 11.1 Å². The van der Waals surface area contributed by atoms with Gasteiger partial charge in [0.15, 0.2) is 17.3 Å². The number of para-hydroxylation sites is 2. The first-order valence-electron chi connectivity index (χ1n) is 14.3. The Kier molecular flexibility index (Phi) is 8.85. The maximum absolute atomic E-state index is 11.6. The molecule has 0 radical (unpaired) electrons. The van der Waals surface area contributed by atoms with E-state index in [9.17, 15) is 9.90 Å². The molecule has 1 fully saturated rings. The van der Waals surface area contributed by atoms with Crippen molar-refractivity contribution in [1.82, 2.24) is 15.0 Å². The number of carboxylic acid groups (broad SMARTS) is 1. The van der Waals surface area contributed by atoms with Crippen LogP contribution in [0.1, 0.15) is 39.2 Å². The molecule has 1 aliphatic rings. The van der Waals surface area contributed by atoms with E-state index < -0.39 is 11.4 Å². The largest absolute Gasteiger partial charge is 0.490 e. The van der Waals surface area contributed by atoms with Gasteiger partial charge in [0.25, 0.3) is 0 Å². The zero-order valence-corrected chi connectivity index (χ0v) is 24.3. The predicted molar refractivity (Wildman–Crippen MR) is 164 cm³/mol. The van der Waals surface area contributed by atoms with Crippen LogP contribution in [0.5, 0.6) is 11.5 Å². The van der Waals surface area contributed by atoms with Gasteiger partial charge in [-0.25, -0.2) is 4.98 Å². The molecule has 1 atom stereocenters. The Labute approximate surface area is 246 Å². The molecule has 0 saturated carbocycles. The van der Waals surface area contributed by atoms with Crippen LogP contribution in [0.15, 0.2) is 79.4 Å². The minimum atomic E-state index is -0.849. The van der Waals surface area contributed by atoms with Gasteiger partial charge in [-0.05, 0) is 69.4 Å². The van der Waals surface area contributed by atoms with Crippen molar-refractivity contribution in [2.45, 2.75) is 46.1 Å². The second-order valence-electron chi connectivity index (χ2n) is 11.1. The average molecular weight is 568 g/mol. The number of pyridine rings is 1. The molecule has 3 heterocycles. The molecule has 2 aromatic heterocycles. The summed E-state index contributed by atoms with van der Waals surface area (Å²) >= 11 is 0. The first kappa shape index (κ1) is 28.9. The van der Waals surface area contributed by atoms with Crippen molar-refractivity contribution in [2.75, 3.05) is 29.9 Å². The van der Waals surface area contributed by atoms with Crippen LogP contribution in [-0.2, 0) is 11.2 Å². The van der Waals surface area contributed by atoms with Crippen molar-refractivity contribution < 1.29 is 19.4 Å². The molecule has 218 valence electrons. The van der Waals surface area contributed by atoms with E-state index in [1.165, 1.54) is 0 Å². The van der Waals surface area contributed by atoms with Gasteiger partial charge >= 0.3 is 5.97 Å². The number of rotatable bonds is 11. The molecule has 2 aromatic carbocycles. The van der Waals surface area contributed by atoms with Crippen LogP contribution in [0.4, 0.5) is 17.3 Å². The number of anilines is 3. The van der Waals surface area contributed by atoms with Crippen molar-refractivity contribution in [3.63, 3.8) is 0 Å². The molecular weight excluding hydrogens is 530 g/mol. The Balaban J connectivity index is 1.27. The molecule has 2 N–H and O–H groups in total. The van der Waals surface area contributed by atoms with Crippen molar-refractivity contribution in [1.29, 1.82) is 0 Å². The van der Waals surface area contributed by atoms with Gasteiger partial charge in [0.2, 0.25) is 0 Å². The molecule has 0 amide bonds. The second kappa shape index (κ2) is 12.9. The number of carbonyl (C=O) groups is 1. The molecular formula is C33H37N5O4. The molecule has 4 aromatic rings. The summed E-state index contributed by atoms with van der Waals surface area (Å²) in [5.74, 6) is 2.10.